The SMILES string of the molecule is CN(CCNC(=O)NCC1CCCCC1C(=O)O)C1CC1. The molecule has 0 spiro atoms. The van der Waals surface area contributed by atoms with Crippen molar-refractivity contribution < 1.29 is 14.7 Å². The minimum absolute atomic E-state index is 0.0659. The first-order chi connectivity index (χ1) is 10.1. The number of amides is 2. The van der Waals surface area contributed by atoms with Crippen LogP contribution in [0.15, 0.2) is 0 Å². The number of carbonyl (C=O) groups excluding carboxylic acids is 1. The summed E-state index contributed by atoms with van der Waals surface area (Å²) in [5.74, 6) is -0.968. The van der Waals surface area contributed by atoms with Crippen LogP contribution in [0.2, 0.25) is 0 Å². The number of carbonyl (C=O) groups is 2. The van der Waals surface area contributed by atoms with Gasteiger partial charge in [-0.25, -0.2) is 4.79 Å². The highest BCUT2D eigenvalue weighted by atomic mass is 16.4. The number of carboxylic acids is 1. The first-order valence-electron chi connectivity index (χ1n) is 8.02. The molecule has 2 fully saturated rings. The number of likely N-dealkylation sites (N-methyl/N-ethyl adjacent to an activating group) is 1. The number of aliphatic carboxylic acids is 1. The van der Waals surface area contributed by atoms with Crippen molar-refractivity contribution in [3.8, 4) is 0 Å². The molecule has 120 valence electrons. The number of hydrogen-bond acceptors (Lipinski definition) is 3. The van der Waals surface area contributed by atoms with Gasteiger partial charge in [-0.3, -0.25) is 4.79 Å². The predicted molar refractivity (Wildman–Crippen MR) is 80.1 cm³/mol. The van der Waals surface area contributed by atoms with Crippen LogP contribution in [0.25, 0.3) is 0 Å². The van der Waals surface area contributed by atoms with Crippen molar-refractivity contribution in [3.05, 3.63) is 0 Å². The molecule has 0 heterocycles. The molecule has 0 aromatic rings. The fraction of sp³-hybridized carbons (Fsp3) is 0.867. The Morgan fingerprint density at radius 2 is 1.86 bits per heavy atom. The van der Waals surface area contributed by atoms with E-state index in [-0.39, 0.29) is 17.9 Å². The summed E-state index contributed by atoms with van der Waals surface area (Å²) in [6, 6.07) is 0.516. The van der Waals surface area contributed by atoms with E-state index in [1.807, 2.05) is 0 Å². The lowest BCUT2D eigenvalue weighted by Gasteiger charge is -2.28. The third kappa shape index (κ3) is 5.19. The highest BCUT2D eigenvalue weighted by molar-refractivity contribution is 5.74. The average Bonchev–Trinajstić information content (AvgIpc) is 3.29. The van der Waals surface area contributed by atoms with Crippen molar-refractivity contribution >= 4 is 12.0 Å². The van der Waals surface area contributed by atoms with E-state index in [0.717, 1.165) is 32.2 Å². The number of nitrogens with one attached hydrogen (secondary N) is 2. The molecule has 6 heteroatoms. The van der Waals surface area contributed by atoms with Crippen molar-refractivity contribution in [1.29, 1.82) is 0 Å². The smallest absolute Gasteiger partial charge is 0.314 e. The Morgan fingerprint density at radius 3 is 2.52 bits per heavy atom. The second-order valence-electron chi connectivity index (χ2n) is 6.34. The van der Waals surface area contributed by atoms with Gasteiger partial charge in [0.2, 0.25) is 0 Å². The summed E-state index contributed by atoms with van der Waals surface area (Å²) in [4.78, 5) is 25.2. The van der Waals surface area contributed by atoms with E-state index in [9.17, 15) is 14.7 Å². The normalized spacial score (nSPS) is 25.6. The maximum Gasteiger partial charge on any atom is 0.314 e. The molecule has 0 aromatic heterocycles. The molecule has 3 N–H and O–H groups in total. The maximum atomic E-state index is 11.7. The number of urea groups is 1. The number of hydrogen-bond donors (Lipinski definition) is 3. The lowest BCUT2D eigenvalue weighted by molar-refractivity contribution is -0.144. The largest absolute Gasteiger partial charge is 0.481 e. The molecule has 2 amide bonds. The molecule has 0 bridgehead atoms. The third-order valence-corrected chi connectivity index (χ3v) is 4.67. The summed E-state index contributed by atoms with van der Waals surface area (Å²) in [7, 11) is 2.08. The monoisotopic (exact) mass is 297 g/mol. The molecule has 6 nitrogen and oxygen atoms in total. The molecule has 2 saturated carbocycles. The Labute approximate surface area is 126 Å². The van der Waals surface area contributed by atoms with Crippen LogP contribution in [0, 0.1) is 11.8 Å². The van der Waals surface area contributed by atoms with Gasteiger partial charge in [-0.2, -0.15) is 0 Å². The van der Waals surface area contributed by atoms with Crippen LogP contribution in [0.4, 0.5) is 4.79 Å². The molecule has 0 radical (unpaired) electrons. The van der Waals surface area contributed by atoms with Gasteiger partial charge in [-0.1, -0.05) is 12.8 Å². The zero-order chi connectivity index (χ0) is 15.2. The van der Waals surface area contributed by atoms with Gasteiger partial charge >= 0.3 is 12.0 Å². The van der Waals surface area contributed by atoms with Gasteiger partial charge in [-0.15, -0.1) is 0 Å². The van der Waals surface area contributed by atoms with E-state index in [1.54, 1.807) is 0 Å². The van der Waals surface area contributed by atoms with Crippen molar-refractivity contribution in [2.24, 2.45) is 11.8 Å². The summed E-state index contributed by atoms with van der Waals surface area (Å²) in [5.41, 5.74) is 0. The molecule has 2 aliphatic carbocycles. The van der Waals surface area contributed by atoms with E-state index in [1.165, 1.54) is 12.8 Å². The first-order valence-corrected chi connectivity index (χ1v) is 8.02. The van der Waals surface area contributed by atoms with Gasteiger partial charge < -0.3 is 20.6 Å². The summed E-state index contributed by atoms with van der Waals surface area (Å²) in [5, 5.41) is 14.9. The van der Waals surface area contributed by atoms with Gasteiger partial charge in [0.1, 0.15) is 0 Å². The molecule has 0 aromatic carbocycles. The van der Waals surface area contributed by atoms with Crippen LogP contribution in [-0.4, -0.2) is 54.7 Å². The average molecular weight is 297 g/mol. The molecule has 0 aliphatic heterocycles. The lowest BCUT2D eigenvalue weighted by Crippen LogP contribution is -2.43. The first kappa shape index (κ1) is 16.1. The van der Waals surface area contributed by atoms with Gasteiger partial charge in [0.15, 0.2) is 0 Å². The van der Waals surface area contributed by atoms with Crippen molar-refractivity contribution in [1.82, 2.24) is 15.5 Å². The van der Waals surface area contributed by atoms with Gasteiger partial charge in [0, 0.05) is 25.7 Å². The summed E-state index contributed by atoms with van der Waals surface area (Å²) in [6.07, 6.45) is 6.19. The van der Waals surface area contributed by atoms with E-state index in [2.05, 4.69) is 22.6 Å². The summed E-state index contributed by atoms with van der Waals surface area (Å²) >= 11 is 0. The van der Waals surface area contributed by atoms with Crippen LogP contribution in [0.1, 0.15) is 38.5 Å². The number of carboxylic acid groups (broad SMARTS) is 1. The third-order valence-electron chi connectivity index (χ3n) is 4.67. The minimum Gasteiger partial charge on any atom is -0.481 e. The molecule has 21 heavy (non-hydrogen) atoms. The minimum atomic E-state index is -0.729. The quantitative estimate of drug-likeness (QED) is 0.661. The number of nitrogens with zero attached hydrogens (tertiary/aromatic N) is 1. The molecule has 0 saturated heterocycles. The van der Waals surface area contributed by atoms with Crippen LogP contribution >= 0.6 is 0 Å². The molecular formula is C15H27N3O3. The summed E-state index contributed by atoms with van der Waals surface area (Å²) < 4.78 is 0. The van der Waals surface area contributed by atoms with Crippen LogP contribution < -0.4 is 10.6 Å². The van der Waals surface area contributed by atoms with E-state index in [0.29, 0.717) is 19.1 Å². The van der Waals surface area contributed by atoms with Crippen LogP contribution in [0.5, 0.6) is 0 Å². The van der Waals surface area contributed by atoms with Gasteiger partial charge in [-0.05, 0) is 38.6 Å². The van der Waals surface area contributed by atoms with Crippen LogP contribution in [-0.2, 0) is 4.79 Å². The fourth-order valence-corrected chi connectivity index (χ4v) is 3.11. The van der Waals surface area contributed by atoms with E-state index < -0.39 is 5.97 Å². The topological polar surface area (TPSA) is 81.7 Å². The zero-order valence-electron chi connectivity index (χ0n) is 12.8. The van der Waals surface area contributed by atoms with E-state index >= 15 is 0 Å². The van der Waals surface area contributed by atoms with Crippen LogP contribution in [0.3, 0.4) is 0 Å². The predicted octanol–water partition coefficient (Wildman–Crippen LogP) is 1.27. The Morgan fingerprint density at radius 1 is 1.14 bits per heavy atom. The lowest BCUT2D eigenvalue weighted by atomic mass is 9.79. The Kier molecular flexibility index (Phi) is 5.85. The maximum absolute atomic E-state index is 11.7. The highest BCUT2D eigenvalue weighted by Gasteiger charge is 2.30. The molecular weight excluding hydrogens is 270 g/mol. The second-order valence-corrected chi connectivity index (χ2v) is 6.34. The Hall–Kier alpha value is -1.30. The molecule has 2 unspecified atom stereocenters. The van der Waals surface area contributed by atoms with Crippen molar-refractivity contribution in [2.45, 2.75) is 44.6 Å². The standard InChI is InChI=1S/C15H27N3O3/c1-18(12-6-7-12)9-8-16-15(21)17-10-11-4-2-3-5-13(11)14(19)20/h11-13H,2-10H2,1H3,(H,19,20)(H2,16,17,21). The zero-order valence-corrected chi connectivity index (χ0v) is 12.8. The number of rotatable bonds is 7. The Bertz CT molecular complexity index is 371. The van der Waals surface area contributed by atoms with Crippen molar-refractivity contribution in [2.75, 3.05) is 26.7 Å². The Balaban J connectivity index is 1.61. The van der Waals surface area contributed by atoms with E-state index in [4.69, 9.17) is 0 Å². The molecule has 2 aliphatic rings. The molecule has 2 rings (SSSR count). The van der Waals surface area contributed by atoms with Crippen molar-refractivity contribution in [3.63, 3.8) is 0 Å². The second kappa shape index (κ2) is 7.64. The van der Waals surface area contributed by atoms with Gasteiger partial charge in [0.05, 0.1) is 5.92 Å². The van der Waals surface area contributed by atoms with Gasteiger partial charge in [0.25, 0.3) is 0 Å². The fourth-order valence-electron chi connectivity index (χ4n) is 3.11. The highest BCUT2D eigenvalue weighted by Crippen LogP contribution is 2.29. The molecule has 2 atom stereocenters. The summed E-state index contributed by atoms with van der Waals surface area (Å²) in [6.45, 7) is 1.95.